The van der Waals surface area contributed by atoms with Gasteiger partial charge < -0.3 is 20.1 Å². The van der Waals surface area contributed by atoms with Crippen molar-refractivity contribution in [3.8, 4) is 11.5 Å². The van der Waals surface area contributed by atoms with Gasteiger partial charge in [-0.15, -0.1) is 13.2 Å². The fraction of sp³-hybridized carbons (Fsp3) is 0.381. The summed E-state index contributed by atoms with van der Waals surface area (Å²) in [6.45, 7) is -0.290. The Morgan fingerprint density at radius 3 is 2.39 bits per heavy atom. The number of anilines is 1. The van der Waals surface area contributed by atoms with Crippen LogP contribution in [0.15, 0.2) is 36.5 Å². The predicted octanol–water partition coefficient (Wildman–Crippen LogP) is 4.47. The number of nitrogens with zero attached hydrogens (tertiary/aromatic N) is 1. The van der Waals surface area contributed by atoms with Gasteiger partial charge in [0, 0.05) is 18.0 Å². The molecule has 2 aromatic rings. The molecule has 0 radical (unpaired) electrons. The van der Waals surface area contributed by atoms with E-state index in [0.29, 0.717) is 25.7 Å². The lowest BCUT2D eigenvalue weighted by atomic mass is 9.85. The number of nitrogens with one attached hydrogen (secondary N) is 2. The van der Waals surface area contributed by atoms with Gasteiger partial charge in [0.05, 0.1) is 11.2 Å². The number of aromatic nitrogens is 1. The maximum atomic E-state index is 13.4. The summed E-state index contributed by atoms with van der Waals surface area (Å²) in [5, 5.41) is 5.34. The average Bonchev–Trinajstić information content (AvgIpc) is 2.75. The third kappa shape index (κ3) is 7.77. The Labute approximate surface area is 191 Å². The van der Waals surface area contributed by atoms with Gasteiger partial charge in [-0.1, -0.05) is 11.6 Å². The van der Waals surface area contributed by atoms with Crippen molar-refractivity contribution in [1.29, 1.82) is 0 Å². The lowest BCUT2D eigenvalue weighted by Gasteiger charge is -2.28. The van der Waals surface area contributed by atoms with Gasteiger partial charge in [-0.05, 0) is 49.9 Å². The lowest BCUT2D eigenvalue weighted by Crippen LogP contribution is -2.41. The van der Waals surface area contributed by atoms with E-state index >= 15 is 0 Å². The van der Waals surface area contributed by atoms with E-state index in [2.05, 4.69) is 20.4 Å². The first kappa shape index (κ1) is 24.6. The van der Waals surface area contributed by atoms with Crippen LogP contribution in [0.3, 0.4) is 0 Å². The number of halogens is 5. The fourth-order valence-electron chi connectivity index (χ4n) is 3.36. The third-order valence-corrected chi connectivity index (χ3v) is 5.25. The zero-order valence-corrected chi connectivity index (χ0v) is 17.9. The fourth-order valence-corrected chi connectivity index (χ4v) is 3.48. The first-order valence-electron chi connectivity index (χ1n) is 9.99. The van der Waals surface area contributed by atoms with E-state index in [1.165, 1.54) is 18.2 Å². The van der Waals surface area contributed by atoms with Crippen molar-refractivity contribution < 1.29 is 36.6 Å². The first-order chi connectivity index (χ1) is 15.6. The van der Waals surface area contributed by atoms with Crippen LogP contribution in [-0.4, -0.2) is 35.8 Å². The van der Waals surface area contributed by atoms with Crippen LogP contribution < -0.4 is 20.1 Å². The molecule has 12 heteroatoms. The van der Waals surface area contributed by atoms with Crippen molar-refractivity contribution in [2.24, 2.45) is 5.92 Å². The number of pyridine rings is 1. The van der Waals surface area contributed by atoms with Gasteiger partial charge in [0.1, 0.15) is 23.1 Å². The Morgan fingerprint density at radius 2 is 1.79 bits per heavy atom. The highest BCUT2D eigenvalue weighted by Crippen LogP contribution is 2.27. The zero-order chi connectivity index (χ0) is 24.0. The molecule has 0 aliphatic heterocycles. The molecule has 1 aliphatic carbocycles. The second-order valence-electron chi connectivity index (χ2n) is 7.40. The number of carbonyl (C=O) groups excluding carboxylic acids is 2. The number of alkyl halides is 3. The first-order valence-corrected chi connectivity index (χ1v) is 10.4. The van der Waals surface area contributed by atoms with Crippen LogP contribution in [0, 0.1) is 11.7 Å². The minimum absolute atomic E-state index is 0.0455. The molecule has 0 saturated heterocycles. The number of ether oxygens (including phenoxy) is 2. The maximum absolute atomic E-state index is 13.4. The summed E-state index contributed by atoms with van der Waals surface area (Å²) in [6, 6.07) is 6.01. The van der Waals surface area contributed by atoms with Crippen LogP contribution in [-0.2, 0) is 9.59 Å². The highest BCUT2D eigenvalue weighted by Gasteiger charge is 2.31. The van der Waals surface area contributed by atoms with Crippen molar-refractivity contribution in [3.63, 3.8) is 0 Å². The minimum Gasteiger partial charge on any atom is -0.484 e. The van der Waals surface area contributed by atoms with Crippen LogP contribution in [0.2, 0.25) is 5.02 Å². The standard InChI is InChI=1S/C21H20ClF4N3O4/c22-16-7-5-14(9-17(16)23)32-11-19(30)28-13-3-1-12(2-4-13)20(31)29-18-8-6-15(10-27-18)33-21(24,25)26/h5-10,12-13H,1-4,11H2,(H,28,30)(H,27,29,31)/t12-,13-. The summed E-state index contributed by atoms with van der Waals surface area (Å²) in [7, 11) is 0. The largest absolute Gasteiger partial charge is 0.573 e. The summed E-state index contributed by atoms with van der Waals surface area (Å²) in [5.74, 6) is -1.83. The van der Waals surface area contributed by atoms with Gasteiger partial charge in [-0.2, -0.15) is 0 Å². The smallest absolute Gasteiger partial charge is 0.484 e. The van der Waals surface area contributed by atoms with Gasteiger partial charge in [0.2, 0.25) is 5.91 Å². The number of hydrogen-bond donors (Lipinski definition) is 2. The van der Waals surface area contributed by atoms with Crippen LogP contribution in [0.25, 0.3) is 0 Å². The second kappa shape index (κ2) is 10.7. The Bertz CT molecular complexity index is 980. The molecule has 2 N–H and O–H groups in total. The van der Waals surface area contributed by atoms with Gasteiger partial charge in [-0.3, -0.25) is 9.59 Å². The highest BCUT2D eigenvalue weighted by molar-refractivity contribution is 6.30. The number of benzene rings is 1. The summed E-state index contributed by atoms with van der Waals surface area (Å²) in [4.78, 5) is 28.2. The van der Waals surface area contributed by atoms with Crippen LogP contribution in [0.5, 0.6) is 11.5 Å². The van der Waals surface area contributed by atoms with Crippen LogP contribution in [0.4, 0.5) is 23.4 Å². The Kier molecular flexibility index (Phi) is 7.96. The molecule has 0 spiro atoms. The molecule has 3 rings (SSSR count). The molecular weight excluding hydrogens is 470 g/mol. The zero-order valence-electron chi connectivity index (χ0n) is 17.1. The molecule has 0 bridgehead atoms. The van der Waals surface area contributed by atoms with Crippen LogP contribution >= 0.6 is 11.6 Å². The molecular formula is C21H20ClF4N3O4. The highest BCUT2D eigenvalue weighted by atomic mass is 35.5. The van der Waals surface area contributed by atoms with E-state index in [1.54, 1.807) is 0 Å². The maximum Gasteiger partial charge on any atom is 0.573 e. The van der Waals surface area contributed by atoms with E-state index in [1.807, 2.05) is 0 Å². The van der Waals surface area contributed by atoms with Gasteiger partial charge >= 0.3 is 6.36 Å². The Balaban J connectivity index is 1.39. The molecule has 7 nitrogen and oxygen atoms in total. The minimum atomic E-state index is -4.82. The molecule has 1 aliphatic rings. The van der Waals surface area contributed by atoms with Crippen molar-refractivity contribution >= 4 is 29.2 Å². The number of hydrogen-bond acceptors (Lipinski definition) is 5. The summed E-state index contributed by atoms with van der Waals surface area (Å²) >= 11 is 5.59. The van der Waals surface area contributed by atoms with Gasteiger partial charge in [-0.25, -0.2) is 9.37 Å². The topological polar surface area (TPSA) is 89.5 Å². The summed E-state index contributed by atoms with van der Waals surface area (Å²) in [6.07, 6.45) is -1.81. The summed E-state index contributed by atoms with van der Waals surface area (Å²) in [5.41, 5.74) is 0. The molecule has 1 saturated carbocycles. The van der Waals surface area contributed by atoms with E-state index < -0.39 is 17.9 Å². The van der Waals surface area contributed by atoms with Gasteiger partial charge in [0.25, 0.3) is 5.91 Å². The molecule has 1 aromatic heterocycles. The van der Waals surface area contributed by atoms with E-state index in [-0.39, 0.29) is 47.0 Å². The molecule has 0 atom stereocenters. The monoisotopic (exact) mass is 489 g/mol. The Morgan fingerprint density at radius 1 is 1.09 bits per heavy atom. The molecule has 0 unspecified atom stereocenters. The van der Waals surface area contributed by atoms with E-state index in [0.717, 1.165) is 18.3 Å². The van der Waals surface area contributed by atoms with Crippen molar-refractivity contribution in [2.75, 3.05) is 11.9 Å². The molecule has 1 fully saturated rings. The molecule has 1 aromatic carbocycles. The molecule has 33 heavy (non-hydrogen) atoms. The van der Waals surface area contributed by atoms with Crippen molar-refractivity contribution in [3.05, 3.63) is 47.4 Å². The van der Waals surface area contributed by atoms with E-state index in [4.69, 9.17) is 16.3 Å². The number of amides is 2. The second-order valence-corrected chi connectivity index (χ2v) is 7.80. The summed E-state index contributed by atoms with van der Waals surface area (Å²) < 4.78 is 58.9. The number of rotatable bonds is 7. The van der Waals surface area contributed by atoms with Crippen LogP contribution in [0.1, 0.15) is 25.7 Å². The Hall–Kier alpha value is -3.08. The molecule has 1 heterocycles. The average molecular weight is 490 g/mol. The quantitative estimate of drug-likeness (QED) is 0.560. The van der Waals surface area contributed by atoms with Crippen molar-refractivity contribution in [2.45, 2.75) is 38.1 Å². The lowest BCUT2D eigenvalue weighted by molar-refractivity contribution is -0.274. The SMILES string of the molecule is O=C(COc1ccc(Cl)c(F)c1)N[C@H]1CC[C@H](C(=O)Nc2ccc(OC(F)(F)F)cn2)CC1. The molecule has 178 valence electrons. The predicted molar refractivity (Wildman–Crippen MR) is 110 cm³/mol. The van der Waals surface area contributed by atoms with E-state index in [9.17, 15) is 27.2 Å². The number of carbonyl (C=O) groups is 2. The van der Waals surface area contributed by atoms with Crippen molar-refractivity contribution in [1.82, 2.24) is 10.3 Å². The third-order valence-electron chi connectivity index (χ3n) is 4.95. The van der Waals surface area contributed by atoms with Gasteiger partial charge in [0.15, 0.2) is 6.61 Å². The molecule has 2 amide bonds. The normalized spacial score (nSPS) is 18.3.